The molecule has 2 heterocycles. The highest BCUT2D eigenvalue weighted by Gasteiger charge is 2.28. The number of thioether (sulfide) groups is 1. The molecule has 0 radical (unpaired) electrons. The molecular weight excluding hydrogens is 350 g/mol. The van der Waals surface area contributed by atoms with E-state index in [0.717, 1.165) is 11.4 Å². The fourth-order valence-electron chi connectivity index (χ4n) is 3.48. The first-order valence-electron chi connectivity index (χ1n) is 8.56. The summed E-state index contributed by atoms with van der Waals surface area (Å²) in [7, 11) is 1.75. The van der Waals surface area contributed by atoms with Crippen LogP contribution in [0.4, 0.5) is 0 Å². The molecule has 1 aromatic carbocycles. The summed E-state index contributed by atoms with van der Waals surface area (Å²) in [6.45, 7) is 5.08. The minimum Gasteiger partial charge on any atom is -0.476 e. The number of carboxylic acids is 1. The van der Waals surface area contributed by atoms with Gasteiger partial charge in [0.15, 0.2) is 5.69 Å². The van der Waals surface area contributed by atoms with E-state index in [-0.39, 0.29) is 11.6 Å². The molecule has 3 rings (SSSR count). The third kappa shape index (κ3) is 3.93. The molecule has 26 heavy (non-hydrogen) atoms. The third-order valence-electron chi connectivity index (χ3n) is 4.57. The number of hydrogen-bond acceptors (Lipinski definition) is 4. The average molecular weight is 373 g/mol. The smallest absolute Gasteiger partial charge is 0.356 e. The Bertz CT molecular complexity index is 840. The molecule has 0 saturated heterocycles. The first-order valence-corrected chi connectivity index (χ1v) is 9.71. The molecule has 0 bridgehead atoms. The van der Waals surface area contributed by atoms with Crippen LogP contribution in [0.3, 0.4) is 0 Å². The van der Waals surface area contributed by atoms with Gasteiger partial charge in [-0.1, -0.05) is 29.3 Å². The van der Waals surface area contributed by atoms with Crippen molar-refractivity contribution in [2.75, 3.05) is 12.3 Å². The minimum atomic E-state index is -1.04. The monoisotopic (exact) mass is 373 g/mol. The van der Waals surface area contributed by atoms with Crippen molar-refractivity contribution in [3.8, 4) is 0 Å². The summed E-state index contributed by atoms with van der Waals surface area (Å²) >= 11 is 1.59. The minimum absolute atomic E-state index is 0.0465. The van der Waals surface area contributed by atoms with E-state index in [1.54, 1.807) is 28.4 Å². The summed E-state index contributed by atoms with van der Waals surface area (Å²) in [6, 6.07) is 6.43. The maximum atomic E-state index is 12.6. The normalized spacial score (nSPS) is 13.6. The number of aryl methyl sites for hydroxylation is 3. The predicted molar refractivity (Wildman–Crippen MR) is 101 cm³/mol. The van der Waals surface area contributed by atoms with Gasteiger partial charge in [0.25, 0.3) is 0 Å². The fraction of sp³-hybridized carbons (Fsp3) is 0.421. The van der Waals surface area contributed by atoms with Crippen molar-refractivity contribution in [2.45, 2.75) is 32.6 Å². The summed E-state index contributed by atoms with van der Waals surface area (Å²) in [5.74, 6) is 0.191. The number of benzene rings is 1. The van der Waals surface area contributed by atoms with E-state index in [9.17, 15) is 14.7 Å². The summed E-state index contributed by atoms with van der Waals surface area (Å²) in [4.78, 5) is 25.7. The SMILES string of the molecule is Cc1cc(C)cc(CSCC(=O)N2CCc3c(c(C(=O)O)nn3C)C2)c1. The number of carbonyl (C=O) groups excluding carboxylic acids is 1. The lowest BCUT2D eigenvalue weighted by Gasteiger charge is -2.27. The van der Waals surface area contributed by atoms with Gasteiger partial charge in [0, 0.05) is 43.6 Å². The van der Waals surface area contributed by atoms with Crippen LogP contribution in [0.1, 0.15) is 38.4 Å². The zero-order valence-electron chi connectivity index (χ0n) is 15.3. The Kier molecular flexibility index (Phi) is 5.36. The lowest BCUT2D eigenvalue weighted by molar-refractivity contribution is -0.129. The second kappa shape index (κ2) is 7.53. The number of amides is 1. The Balaban J connectivity index is 1.60. The molecule has 1 amide bonds. The molecule has 1 aliphatic rings. The lowest BCUT2D eigenvalue weighted by atomic mass is 10.1. The Morgan fingerprint density at radius 3 is 2.58 bits per heavy atom. The number of hydrogen-bond donors (Lipinski definition) is 1. The molecule has 1 aliphatic heterocycles. The van der Waals surface area contributed by atoms with E-state index in [2.05, 4.69) is 37.1 Å². The molecule has 0 fully saturated rings. The number of carboxylic acid groups (broad SMARTS) is 1. The highest BCUT2D eigenvalue weighted by atomic mass is 32.2. The summed E-state index contributed by atoms with van der Waals surface area (Å²) in [6.07, 6.45) is 0.638. The molecule has 1 aromatic heterocycles. The van der Waals surface area contributed by atoms with Crippen LogP contribution in [0.5, 0.6) is 0 Å². The van der Waals surface area contributed by atoms with Gasteiger partial charge < -0.3 is 10.0 Å². The van der Waals surface area contributed by atoms with E-state index in [4.69, 9.17) is 0 Å². The van der Waals surface area contributed by atoms with E-state index in [1.165, 1.54) is 16.7 Å². The van der Waals surface area contributed by atoms with Crippen molar-refractivity contribution in [1.29, 1.82) is 0 Å². The average Bonchev–Trinajstić information content (AvgIpc) is 2.90. The Morgan fingerprint density at radius 1 is 1.23 bits per heavy atom. The van der Waals surface area contributed by atoms with E-state index < -0.39 is 5.97 Å². The van der Waals surface area contributed by atoms with Crippen LogP contribution in [0.2, 0.25) is 0 Å². The molecule has 7 heteroatoms. The van der Waals surface area contributed by atoms with Gasteiger partial charge >= 0.3 is 5.97 Å². The van der Waals surface area contributed by atoms with Gasteiger partial charge in [-0.15, -0.1) is 11.8 Å². The Labute approximate surface area is 157 Å². The van der Waals surface area contributed by atoms with Crippen LogP contribution in [-0.4, -0.2) is 44.0 Å². The van der Waals surface area contributed by atoms with E-state index in [0.29, 0.717) is 30.8 Å². The van der Waals surface area contributed by atoms with Gasteiger partial charge in [-0.05, 0) is 19.4 Å². The number of aromatic carboxylic acids is 1. The van der Waals surface area contributed by atoms with Crippen LogP contribution in [0.15, 0.2) is 18.2 Å². The molecule has 0 aliphatic carbocycles. The van der Waals surface area contributed by atoms with Gasteiger partial charge in [0.05, 0.1) is 5.75 Å². The summed E-state index contributed by atoms with van der Waals surface area (Å²) in [5, 5.41) is 13.4. The number of nitrogens with zero attached hydrogens (tertiary/aromatic N) is 3. The quantitative estimate of drug-likeness (QED) is 0.872. The Hall–Kier alpha value is -2.28. The van der Waals surface area contributed by atoms with Crippen molar-refractivity contribution >= 4 is 23.6 Å². The van der Waals surface area contributed by atoms with Crippen molar-refractivity contribution < 1.29 is 14.7 Å². The highest BCUT2D eigenvalue weighted by Crippen LogP contribution is 2.23. The van der Waals surface area contributed by atoms with Gasteiger partial charge in [-0.25, -0.2) is 4.79 Å². The van der Waals surface area contributed by atoms with Crippen molar-refractivity contribution in [2.24, 2.45) is 7.05 Å². The van der Waals surface area contributed by atoms with Crippen LogP contribution < -0.4 is 0 Å². The third-order valence-corrected chi connectivity index (χ3v) is 5.56. The largest absolute Gasteiger partial charge is 0.476 e. The molecule has 0 spiro atoms. The molecule has 1 N–H and O–H groups in total. The molecule has 138 valence electrons. The number of fused-ring (bicyclic) bond motifs is 1. The second-order valence-corrected chi connectivity index (χ2v) is 7.74. The summed E-state index contributed by atoms with van der Waals surface area (Å²) in [5.41, 5.74) is 5.32. The standard InChI is InChI=1S/C19H23N3O3S/c1-12-6-13(2)8-14(7-12)10-26-11-17(23)22-5-4-16-15(9-22)18(19(24)25)20-21(16)3/h6-8H,4-5,9-11H2,1-3H3,(H,24,25). The highest BCUT2D eigenvalue weighted by molar-refractivity contribution is 7.99. The predicted octanol–water partition coefficient (Wildman–Crippen LogP) is 2.55. The molecule has 0 saturated carbocycles. The first kappa shape index (κ1) is 18.5. The zero-order valence-corrected chi connectivity index (χ0v) is 16.1. The molecule has 0 unspecified atom stereocenters. The van der Waals surface area contributed by atoms with Gasteiger partial charge in [-0.2, -0.15) is 5.10 Å². The van der Waals surface area contributed by atoms with Gasteiger partial charge in [0.1, 0.15) is 0 Å². The van der Waals surface area contributed by atoms with Crippen LogP contribution in [-0.2, 0) is 30.6 Å². The van der Waals surface area contributed by atoms with Crippen molar-refractivity contribution in [1.82, 2.24) is 14.7 Å². The second-order valence-electron chi connectivity index (χ2n) is 6.76. The topological polar surface area (TPSA) is 75.4 Å². The van der Waals surface area contributed by atoms with Crippen molar-refractivity contribution in [3.63, 3.8) is 0 Å². The van der Waals surface area contributed by atoms with Crippen LogP contribution in [0, 0.1) is 13.8 Å². The number of carbonyl (C=O) groups is 2. The van der Waals surface area contributed by atoms with Crippen LogP contribution >= 0.6 is 11.8 Å². The lowest BCUT2D eigenvalue weighted by Crippen LogP contribution is -2.37. The fourth-order valence-corrected chi connectivity index (χ4v) is 4.34. The maximum Gasteiger partial charge on any atom is 0.356 e. The Morgan fingerprint density at radius 2 is 1.92 bits per heavy atom. The van der Waals surface area contributed by atoms with Crippen molar-refractivity contribution in [3.05, 3.63) is 51.8 Å². The molecule has 6 nitrogen and oxygen atoms in total. The first-order chi connectivity index (χ1) is 12.3. The zero-order chi connectivity index (χ0) is 18.8. The number of rotatable bonds is 5. The summed E-state index contributed by atoms with van der Waals surface area (Å²) < 4.78 is 1.62. The number of aromatic nitrogens is 2. The molecule has 0 atom stereocenters. The molecule has 2 aromatic rings. The van der Waals surface area contributed by atoms with Gasteiger partial charge in [0.2, 0.25) is 5.91 Å². The maximum absolute atomic E-state index is 12.6. The van der Waals surface area contributed by atoms with Crippen LogP contribution in [0.25, 0.3) is 0 Å². The van der Waals surface area contributed by atoms with E-state index >= 15 is 0 Å². The molecular formula is C19H23N3O3S. The van der Waals surface area contributed by atoms with E-state index in [1.807, 2.05) is 0 Å². The van der Waals surface area contributed by atoms with Gasteiger partial charge in [-0.3, -0.25) is 9.48 Å².